The minimum atomic E-state index is 0.926. The van der Waals surface area contributed by atoms with Crippen LogP contribution in [0.5, 0.6) is 0 Å². The standard InChI is InChI=1S/C19H14N2/c1-2-6-14(7-3-1)15-8-4-5-9-16(15)17-10-12-20-19-18(17)11-13-21-19/h1-13H,(H,20,21). The molecule has 0 saturated heterocycles. The molecule has 0 spiro atoms. The van der Waals surface area contributed by atoms with Gasteiger partial charge in [0.1, 0.15) is 5.65 Å². The van der Waals surface area contributed by atoms with Gasteiger partial charge in [-0.2, -0.15) is 0 Å². The Bertz CT molecular complexity index is 892. The smallest absolute Gasteiger partial charge is 0.137 e. The Morgan fingerprint density at radius 3 is 2.29 bits per heavy atom. The fraction of sp³-hybridized carbons (Fsp3) is 0. The lowest BCUT2D eigenvalue weighted by Crippen LogP contribution is -1.86. The molecule has 2 aromatic carbocycles. The number of aromatic nitrogens is 2. The number of aromatic amines is 1. The molecule has 0 unspecified atom stereocenters. The molecule has 21 heavy (non-hydrogen) atoms. The first-order valence-electron chi connectivity index (χ1n) is 7.00. The van der Waals surface area contributed by atoms with Gasteiger partial charge in [-0.05, 0) is 34.4 Å². The molecular formula is C19H14N2. The van der Waals surface area contributed by atoms with E-state index in [1.807, 2.05) is 18.5 Å². The summed E-state index contributed by atoms with van der Waals surface area (Å²) in [4.78, 5) is 7.55. The number of fused-ring (bicyclic) bond motifs is 1. The first-order valence-corrected chi connectivity index (χ1v) is 7.00. The molecule has 4 aromatic rings. The van der Waals surface area contributed by atoms with Gasteiger partial charge < -0.3 is 4.98 Å². The highest BCUT2D eigenvalue weighted by Gasteiger charge is 2.10. The van der Waals surface area contributed by atoms with Crippen LogP contribution in [-0.2, 0) is 0 Å². The monoisotopic (exact) mass is 270 g/mol. The summed E-state index contributed by atoms with van der Waals surface area (Å²) in [7, 11) is 0. The highest BCUT2D eigenvalue weighted by atomic mass is 14.8. The molecular weight excluding hydrogens is 256 g/mol. The van der Waals surface area contributed by atoms with Crippen LogP contribution in [0.4, 0.5) is 0 Å². The zero-order valence-electron chi connectivity index (χ0n) is 11.5. The average molecular weight is 270 g/mol. The number of hydrogen-bond acceptors (Lipinski definition) is 1. The molecule has 2 heterocycles. The van der Waals surface area contributed by atoms with Gasteiger partial charge in [0.2, 0.25) is 0 Å². The van der Waals surface area contributed by atoms with Gasteiger partial charge in [0.15, 0.2) is 0 Å². The molecule has 0 aliphatic heterocycles. The highest BCUT2D eigenvalue weighted by Crippen LogP contribution is 2.35. The molecule has 0 aliphatic carbocycles. The van der Waals surface area contributed by atoms with Crippen molar-refractivity contribution in [2.45, 2.75) is 0 Å². The molecule has 4 rings (SSSR count). The summed E-state index contributed by atoms with van der Waals surface area (Å²) in [5, 5.41) is 1.15. The maximum absolute atomic E-state index is 4.37. The Labute approximate surface area is 123 Å². The average Bonchev–Trinajstić information content (AvgIpc) is 3.04. The van der Waals surface area contributed by atoms with E-state index in [0.29, 0.717) is 0 Å². The van der Waals surface area contributed by atoms with Gasteiger partial charge in [-0.15, -0.1) is 0 Å². The van der Waals surface area contributed by atoms with E-state index in [1.54, 1.807) is 0 Å². The second-order valence-corrected chi connectivity index (χ2v) is 5.01. The van der Waals surface area contributed by atoms with Gasteiger partial charge >= 0.3 is 0 Å². The number of benzene rings is 2. The quantitative estimate of drug-likeness (QED) is 0.551. The van der Waals surface area contributed by atoms with Crippen molar-refractivity contribution in [3.8, 4) is 22.3 Å². The van der Waals surface area contributed by atoms with Crippen LogP contribution in [0.1, 0.15) is 0 Å². The number of H-pyrrole nitrogens is 1. The van der Waals surface area contributed by atoms with Gasteiger partial charge in [0.25, 0.3) is 0 Å². The van der Waals surface area contributed by atoms with Crippen molar-refractivity contribution < 1.29 is 0 Å². The summed E-state index contributed by atoms with van der Waals surface area (Å²) in [5.74, 6) is 0. The zero-order chi connectivity index (χ0) is 14.1. The molecule has 0 atom stereocenters. The van der Waals surface area contributed by atoms with Crippen molar-refractivity contribution in [2.75, 3.05) is 0 Å². The molecule has 0 bridgehead atoms. The van der Waals surface area contributed by atoms with E-state index < -0.39 is 0 Å². The number of hydrogen-bond donors (Lipinski definition) is 1. The van der Waals surface area contributed by atoms with Crippen LogP contribution < -0.4 is 0 Å². The summed E-state index contributed by atoms with van der Waals surface area (Å²) in [6.45, 7) is 0. The second-order valence-electron chi connectivity index (χ2n) is 5.01. The molecule has 0 saturated carbocycles. The Hall–Kier alpha value is -2.87. The van der Waals surface area contributed by atoms with Crippen LogP contribution in [0, 0.1) is 0 Å². The maximum Gasteiger partial charge on any atom is 0.137 e. The predicted molar refractivity (Wildman–Crippen MR) is 87.0 cm³/mol. The third kappa shape index (κ3) is 2.01. The van der Waals surface area contributed by atoms with E-state index in [2.05, 4.69) is 70.6 Å². The predicted octanol–water partition coefficient (Wildman–Crippen LogP) is 4.90. The van der Waals surface area contributed by atoms with E-state index in [-0.39, 0.29) is 0 Å². The van der Waals surface area contributed by atoms with E-state index >= 15 is 0 Å². The van der Waals surface area contributed by atoms with Crippen LogP contribution in [0.15, 0.2) is 79.1 Å². The summed E-state index contributed by atoms with van der Waals surface area (Å²) < 4.78 is 0. The van der Waals surface area contributed by atoms with E-state index in [4.69, 9.17) is 0 Å². The van der Waals surface area contributed by atoms with Crippen molar-refractivity contribution in [3.63, 3.8) is 0 Å². The summed E-state index contributed by atoms with van der Waals surface area (Å²) >= 11 is 0. The Kier molecular flexibility index (Phi) is 2.79. The summed E-state index contributed by atoms with van der Waals surface area (Å²) in [6.07, 6.45) is 3.79. The van der Waals surface area contributed by atoms with E-state index in [0.717, 1.165) is 11.0 Å². The summed E-state index contributed by atoms with van der Waals surface area (Å²) in [6, 6.07) is 23.2. The van der Waals surface area contributed by atoms with Crippen molar-refractivity contribution in [3.05, 3.63) is 79.1 Å². The number of pyridine rings is 1. The van der Waals surface area contributed by atoms with Crippen LogP contribution >= 0.6 is 0 Å². The van der Waals surface area contributed by atoms with Crippen LogP contribution in [0.3, 0.4) is 0 Å². The topological polar surface area (TPSA) is 28.7 Å². The Morgan fingerprint density at radius 2 is 1.43 bits per heavy atom. The number of nitrogens with zero attached hydrogens (tertiary/aromatic N) is 1. The fourth-order valence-electron chi connectivity index (χ4n) is 2.78. The van der Waals surface area contributed by atoms with Crippen molar-refractivity contribution in [2.24, 2.45) is 0 Å². The van der Waals surface area contributed by atoms with E-state index in [1.165, 1.54) is 22.3 Å². The van der Waals surface area contributed by atoms with Crippen LogP contribution in [0.25, 0.3) is 33.3 Å². The molecule has 2 aromatic heterocycles. The first kappa shape index (κ1) is 11.9. The summed E-state index contributed by atoms with van der Waals surface area (Å²) in [5.41, 5.74) is 5.84. The third-order valence-electron chi connectivity index (χ3n) is 3.76. The number of nitrogens with one attached hydrogen (secondary N) is 1. The zero-order valence-corrected chi connectivity index (χ0v) is 11.5. The van der Waals surface area contributed by atoms with Gasteiger partial charge in [-0.1, -0.05) is 54.6 Å². The fourth-order valence-corrected chi connectivity index (χ4v) is 2.78. The lowest BCUT2D eigenvalue weighted by Gasteiger charge is -2.11. The van der Waals surface area contributed by atoms with Gasteiger partial charge in [0, 0.05) is 17.8 Å². The number of rotatable bonds is 2. The van der Waals surface area contributed by atoms with Crippen LogP contribution in [0.2, 0.25) is 0 Å². The lowest BCUT2D eigenvalue weighted by atomic mass is 9.94. The molecule has 0 radical (unpaired) electrons. The van der Waals surface area contributed by atoms with E-state index in [9.17, 15) is 0 Å². The van der Waals surface area contributed by atoms with Gasteiger partial charge in [-0.25, -0.2) is 4.98 Å². The SMILES string of the molecule is c1ccc(-c2ccccc2-c2ccnc3[nH]ccc23)cc1. The molecule has 0 fully saturated rings. The molecule has 2 nitrogen and oxygen atoms in total. The largest absolute Gasteiger partial charge is 0.346 e. The Morgan fingerprint density at radius 1 is 0.667 bits per heavy atom. The molecule has 100 valence electrons. The molecule has 2 heteroatoms. The van der Waals surface area contributed by atoms with Gasteiger partial charge in [-0.3, -0.25) is 0 Å². The minimum Gasteiger partial charge on any atom is -0.346 e. The minimum absolute atomic E-state index is 0.926. The Balaban J connectivity index is 2.00. The maximum atomic E-state index is 4.37. The molecule has 0 aliphatic rings. The third-order valence-corrected chi connectivity index (χ3v) is 3.76. The second kappa shape index (κ2) is 4.91. The van der Waals surface area contributed by atoms with Crippen molar-refractivity contribution in [1.82, 2.24) is 9.97 Å². The normalized spacial score (nSPS) is 10.9. The lowest BCUT2D eigenvalue weighted by molar-refractivity contribution is 1.33. The van der Waals surface area contributed by atoms with Crippen molar-refractivity contribution >= 4 is 11.0 Å². The first-order chi connectivity index (χ1) is 10.4. The van der Waals surface area contributed by atoms with Crippen molar-refractivity contribution in [1.29, 1.82) is 0 Å². The molecule has 1 N–H and O–H groups in total. The van der Waals surface area contributed by atoms with Gasteiger partial charge in [0.05, 0.1) is 0 Å². The van der Waals surface area contributed by atoms with Crippen LogP contribution in [-0.4, -0.2) is 9.97 Å². The molecule has 0 amide bonds. The highest BCUT2D eigenvalue weighted by molar-refractivity contribution is 5.97.